The molecule has 0 aromatic carbocycles. The number of anilines is 1. The number of carbonyl (C=O) groups excluding carboxylic acids is 1. The molecule has 2 heterocycles. The Morgan fingerprint density at radius 3 is 3.25 bits per heavy atom. The average Bonchev–Trinajstić information content (AvgIpc) is 2.95. The van der Waals surface area contributed by atoms with Crippen LogP contribution in [0, 0.1) is 0 Å². The maximum atomic E-state index is 11.3. The lowest BCUT2D eigenvalue weighted by molar-refractivity contribution is 0.101. The fraction of sp³-hybridized carbons (Fsp3) is 0.600. The van der Waals surface area contributed by atoms with Gasteiger partial charge in [0.25, 0.3) is 0 Å². The molecule has 1 saturated heterocycles. The number of carbonyl (C=O) groups is 1. The molecule has 4 nitrogen and oxygen atoms in total. The van der Waals surface area contributed by atoms with E-state index in [-0.39, 0.29) is 17.8 Å². The van der Waals surface area contributed by atoms with Crippen molar-refractivity contribution >= 4 is 33.9 Å². The zero-order valence-electron chi connectivity index (χ0n) is 8.98. The summed E-state index contributed by atoms with van der Waals surface area (Å²) in [7, 11) is 1.72. The van der Waals surface area contributed by atoms with Gasteiger partial charge in [0.15, 0.2) is 10.9 Å². The number of methoxy groups -OCH3 is 1. The van der Waals surface area contributed by atoms with Gasteiger partial charge < -0.3 is 9.64 Å². The van der Waals surface area contributed by atoms with E-state index in [0.717, 1.165) is 24.6 Å². The predicted molar refractivity (Wildman–Crippen MR) is 64.8 cm³/mol. The van der Waals surface area contributed by atoms with Gasteiger partial charge in [-0.3, -0.25) is 4.79 Å². The van der Waals surface area contributed by atoms with Crippen LogP contribution in [0.15, 0.2) is 5.38 Å². The molecule has 1 aromatic rings. The van der Waals surface area contributed by atoms with Crippen LogP contribution in [0.5, 0.6) is 0 Å². The molecule has 1 fully saturated rings. The molecule has 1 aliphatic rings. The molecular weight excluding hydrogens is 248 g/mol. The van der Waals surface area contributed by atoms with E-state index < -0.39 is 0 Å². The standard InChI is InChI=1S/C10H13ClN2O2S/c1-15-7-2-3-13(5-7)10-12-8(6-16-10)9(14)4-11/h6-7H,2-5H2,1H3. The van der Waals surface area contributed by atoms with Gasteiger partial charge in [-0.2, -0.15) is 0 Å². The zero-order chi connectivity index (χ0) is 11.5. The van der Waals surface area contributed by atoms with Crippen LogP contribution in [0.4, 0.5) is 5.13 Å². The smallest absolute Gasteiger partial charge is 0.196 e. The first-order valence-corrected chi connectivity index (χ1v) is 6.48. The first-order chi connectivity index (χ1) is 7.74. The minimum atomic E-state index is -0.119. The highest BCUT2D eigenvalue weighted by molar-refractivity contribution is 7.14. The third kappa shape index (κ3) is 2.36. The molecular formula is C10H13ClN2O2S. The highest BCUT2D eigenvalue weighted by atomic mass is 35.5. The van der Waals surface area contributed by atoms with Crippen molar-refractivity contribution < 1.29 is 9.53 Å². The first-order valence-electron chi connectivity index (χ1n) is 5.07. The molecule has 16 heavy (non-hydrogen) atoms. The SMILES string of the molecule is COC1CCN(c2nc(C(=O)CCl)cs2)C1. The van der Waals surface area contributed by atoms with Gasteiger partial charge in [0, 0.05) is 25.6 Å². The molecule has 1 atom stereocenters. The number of alkyl halides is 1. The highest BCUT2D eigenvalue weighted by Gasteiger charge is 2.24. The Morgan fingerprint density at radius 1 is 1.81 bits per heavy atom. The number of rotatable bonds is 4. The number of ether oxygens (including phenoxy) is 1. The molecule has 1 aliphatic heterocycles. The number of Topliss-reactive ketones (excluding diaryl/α,β-unsaturated/α-hetero) is 1. The van der Waals surface area contributed by atoms with E-state index in [1.54, 1.807) is 12.5 Å². The second kappa shape index (κ2) is 5.12. The molecule has 0 spiro atoms. The summed E-state index contributed by atoms with van der Waals surface area (Å²) < 4.78 is 5.29. The molecule has 0 aliphatic carbocycles. The molecule has 0 amide bonds. The van der Waals surface area contributed by atoms with Crippen LogP contribution in [0.3, 0.4) is 0 Å². The third-order valence-corrected chi connectivity index (χ3v) is 3.79. The van der Waals surface area contributed by atoms with Gasteiger partial charge in [-0.05, 0) is 6.42 Å². The third-order valence-electron chi connectivity index (χ3n) is 2.65. The van der Waals surface area contributed by atoms with Crippen LogP contribution in [-0.2, 0) is 4.74 Å². The largest absolute Gasteiger partial charge is 0.380 e. The number of hydrogen-bond acceptors (Lipinski definition) is 5. The van der Waals surface area contributed by atoms with E-state index in [1.807, 2.05) is 0 Å². The lowest BCUT2D eigenvalue weighted by Gasteiger charge is -2.13. The summed E-state index contributed by atoms with van der Waals surface area (Å²) in [5.74, 6) is -0.129. The predicted octanol–water partition coefficient (Wildman–Crippen LogP) is 1.79. The Morgan fingerprint density at radius 2 is 2.62 bits per heavy atom. The summed E-state index contributed by atoms with van der Waals surface area (Å²) in [5, 5.41) is 2.65. The van der Waals surface area contributed by atoms with Crippen LogP contribution < -0.4 is 4.90 Å². The number of aromatic nitrogens is 1. The Labute approximate surface area is 103 Å². The van der Waals surface area contributed by atoms with E-state index in [4.69, 9.17) is 16.3 Å². The molecule has 1 unspecified atom stereocenters. The van der Waals surface area contributed by atoms with Crippen LogP contribution in [0.2, 0.25) is 0 Å². The van der Waals surface area contributed by atoms with Crippen molar-refractivity contribution in [1.82, 2.24) is 4.98 Å². The molecule has 0 N–H and O–H groups in total. The Hall–Kier alpha value is -0.650. The molecule has 1 aromatic heterocycles. The Balaban J connectivity index is 2.05. The number of ketones is 1. The minimum Gasteiger partial charge on any atom is -0.380 e. The summed E-state index contributed by atoms with van der Waals surface area (Å²) in [5.41, 5.74) is 0.468. The summed E-state index contributed by atoms with van der Waals surface area (Å²) in [6.45, 7) is 1.78. The Kier molecular flexibility index (Phi) is 3.78. The van der Waals surface area contributed by atoms with Crippen molar-refractivity contribution in [3.05, 3.63) is 11.1 Å². The Bertz CT molecular complexity index is 383. The molecule has 88 valence electrons. The molecule has 2 rings (SSSR count). The van der Waals surface area contributed by atoms with Crippen LogP contribution in [-0.4, -0.2) is 43.0 Å². The number of halogens is 1. The van der Waals surface area contributed by atoms with E-state index in [0.29, 0.717) is 5.69 Å². The number of thiazole rings is 1. The quantitative estimate of drug-likeness (QED) is 0.612. The van der Waals surface area contributed by atoms with E-state index in [9.17, 15) is 4.79 Å². The van der Waals surface area contributed by atoms with Gasteiger partial charge in [-0.1, -0.05) is 0 Å². The monoisotopic (exact) mass is 260 g/mol. The summed E-state index contributed by atoms with van der Waals surface area (Å²) >= 11 is 6.97. The number of nitrogens with zero attached hydrogens (tertiary/aromatic N) is 2. The van der Waals surface area contributed by atoms with Crippen molar-refractivity contribution in [2.75, 3.05) is 31.0 Å². The summed E-state index contributed by atoms with van der Waals surface area (Å²) in [6, 6.07) is 0. The van der Waals surface area contributed by atoms with Crippen LogP contribution in [0.25, 0.3) is 0 Å². The molecule has 0 saturated carbocycles. The lowest BCUT2D eigenvalue weighted by atomic mass is 10.3. The van der Waals surface area contributed by atoms with Gasteiger partial charge in [-0.25, -0.2) is 4.98 Å². The number of hydrogen-bond donors (Lipinski definition) is 0. The second-order valence-electron chi connectivity index (χ2n) is 3.66. The second-order valence-corrected chi connectivity index (χ2v) is 4.77. The van der Waals surface area contributed by atoms with E-state index in [1.165, 1.54) is 11.3 Å². The van der Waals surface area contributed by atoms with Gasteiger partial charge in [0.2, 0.25) is 0 Å². The van der Waals surface area contributed by atoms with Crippen molar-refractivity contribution in [3.8, 4) is 0 Å². The lowest BCUT2D eigenvalue weighted by Crippen LogP contribution is -2.22. The van der Waals surface area contributed by atoms with Gasteiger partial charge >= 0.3 is 0 Å². The highest BCUT2D eigenvalue weighted by Crippen LogP contribution is 2.25. The molecule has 6 heteroatoms. The fourth-order valence-electron chi connectivity index (χ4n) is 1.70. The van der Waals surface area contributed by atoms with Crippen molar-refractivity contribution in [2.45, 2.75) is 12.5 Å². The molecule has 0 radical (unpaired) electrons. The normalized spacial score (nSPS) is 20.4. The zero-order valence-corrected chi connectivity index (χ0v) is 10.6. The summed E-state index contributed by atoms with van der Waals surface area (Å²) in [4.78, 5) is 17.8. The van der Waals surface area contributed by atoms with Gasteiger partial charge in [0.1, 0.15) is 5.69 Å². The van der Waals surface area contributed by atoms with Crippen molar-refractivity contribution in [3.63, 3.8) is 0 Å². The first kappa shape index (κ1) is 11.8. The fourth-order valence-corrected chi connectivity index (χ4v) is 2.70. The minimum absolute atomic E-state index is 0.0101. The van der Waals surface area contributed by atoms with Gasteiger partial charge in [-0.15, -0.1) is 22.9 Å². The maximum Gasteiger partial charge on any atom is 0.196 e. The van der Waals surface area contributed by atoms with Crippen LogP contribution in [0.1, 0.15) is 16.9 Å². The van der Waals surface area contributed by atoms with Crippen molar-refractivity contribution in [1.29, 1.82) is 0 Å². The maximum absolute atomic E-state index is 11.3. The van der Waals surface area contributed by atoms with Crippen LogP contribution >= 0.6 is 22.9 Å². The topological polar surface area (TPSA) is 42.4 Å². The van der Waals surface area contributed by atoms with Gasteiger partial charge in [0.05, 0.1) is 12.0 Å². The van der Waals surface area contributed by atoms with E-state index in [2.05, 4.69) is 9.88 Å². The van der Waals surface area contributed by atoms with Crippen molar-refractivity contribution in [2.24, 2.45) is 0 Å². The molecule has 0 bridgehead atoms. The van der Waals surface area contributed by atoms with E-state index >= 15 is 0 Å². The average molecular weight is 261 g/mol. The summed E-state index contributed by atoms with van der Waals surface area (Å²) in [6.07, 6.45) is 1.28.